The van der Waals surface area contributed by atoms with E-state index in [1.807, 2.05) is 61.5 Å². The van der Waals surface area contributed by atoms with Crippen LogP contribution in [-0.2, 0) is 0 Å². The quantitative estimate of drug-likeness (QED) is 0.393. The standard InChI is InChI=1S/C21H18BrN5/c1-12-5-7-16(18(23)9-12)13-6-8-19-17(10-13)20(27-21(24)26-19)25-15-4-2-3-14(22)11-15/h2-11H,23H2,1H3,(H3,24,25,26,27). The van der Waals surface area contributed by atoms with Gasteiger partial charge in [-0.1, -0.05) is 40.2 Å². The molecule has 5 nitrogen and oxygen atoms in total. The Morgan fingerprint density at radius 3 is 2.56 bits per heavy atom. The lowest BCUT2D eigenvalue weighted by Crippen LogP contribution is -2.01. The van der Waals surface area contributed by atoms with Crippen molar-refractivity contribution < 1.29 is 0 Å². The molecule has 134 valence electrons. The zero-order valence-corrected chi connectivity index (χ0v) is 16.3. The second-order valence-corrected chi connectivity index (χ2v) is 7.30. The zero-order chi connectivity index (χ0) is 19.0. The summed E-state index contributed by atoms with van der Waals surface area (Å²) in [5.74, 6) is 0.880. The smallest absolute Gasteiger partial charge is 0.222 e. The molecule has 0 aliphatic carbocycles. The van der Waals surface area contributed by atoms with E-state index in [0.29, 0.717) is 5.82 Å². The van der Waals surface area contributed by atoms with Crippen LogP contribution >= 0.6 is 15.9 Å². The van der Waals surface area contributed by atoms with Gasteiger partial charge in [0.05, 0.1) is 5.52 Å². The van der Waals surface area contributed by atoms with Crippen LogP contribution in [-0.4, -0.2) is 9.97 Å². The van der Waals surface area contributed by atoms with Crippen molar-refractivity contribution in [2.45, 2.75) is 6.92 Å². The number of nitrogens with zero attached hydrogens (tertiary/aromatic N) is 2. The summed E-state index contributed by atoms with van der Waals surface area (Å²) >= 11 is 3.48. The molecule has 0 radical (unpaired) electrons. The first-order valence-electron chi connectivity index (χ1n) is 8.46. The number of fused-ring (bicyclic) bond motifs is 1. The van der Waals surface area contributed by atoms with Gasteiger partial charge in [-0.2, -0.15) is 4.98 Å². The van der Waals surface area contributed by atoms with Gasteiger partial charge in [0.2, 0.25) is 5.95 Å². The SMILES string of the molecule is Cc1ccc(-c2ccc3nc(N)nc(Nc4cccc(Br)c4)c3c2)c(N)c1. The van der Waals surface area contributed by atoms with Crippen LogP contribution in [0.1, 0.15) is 5.56 Å². The van der Waals surface area contributed by atoms with Crippen LogP contribution in [0.2, 0.25) is 0 Å². The topological polar surface area (TPSA) is 89.8 Å². The van der Waals surface area contributed by atoms with Crippen LogP contribution in [0.15, 0.2) is 65.1 Å². The van der Waals surface area contributed by atoms with Gasteiger partial charge in [-0.05, 0) is 54.4 Å². The average Bonchev–Trinajstić information content (AvgIpc) is 2.61. The Balaban J connectivity index is 1.85. The van der Waals surface area contributed by atoms with Gasteiger partial charge < -0.3 is 16.8 Å². The highest BCUT2D eigenvalue weighted by Gasteiger charge is 2.10. The Bertz CT molecular complexity index is 1160. The summed E-state index contributed by atoms with van der Waals surface area (Å²) in [6.07, 6.45) is 0. The molecule has 3 aromatic carbocycles. The molecule has 0 aliphatic heterocycles. The molecule has 5 N–H and O–H groups in total. The zero-order valence-electron chi connectivity index (χ0n) is 14.7. The third kappa shape index (κ3) is 3.57. The normalized spacial score (nSPS) is 10.9. The summed E-state index contributed by atoms with van der Waals surface area (Å²) in [6, 6.07) is 19.9. The first-order valence-corrected chi connectivity index (χ1v) is 9.25. The molecule has 27 heavy (non-hydrogen) atoms. The predicted molar refractivity (Wildman–Crippen MR) is 116 cm³/mol. The average molecular weight is 420 g/mol. The Morgan fingerprint density at radius 2 is 1.78 bits per heavy atom. The maximum Gasteiger partial charge on any atom is 0.222 e. The van der Waals surface area contributed by atoms with E-state index in [1.165, 1.54) is 0 Å². The Labute approximate surface area is 165 Å². The number of nitrogens with two attached hydrogens (primary N) is 2. The van der Waals surface area contributed by atoms with Crippen LogP contribution in [0.4, 0.5) is 23.1 Å². The lowest BCUT2D eigenvalue weighted by Gasteiger charge is -2.12. The summed E-state index contributed by atoms with van der Waals surface area (Å²) in [5.41, 5.74) is 17.7. The van der Waals surface area contributed by atoms with Crippen molar-refractivity contribution in [2.75, 3.05) is 16.8 Å². The van der Waals surface area contributed by atoms with Gasteiger partial charge in [-0.15, -0.1) is 0 Å². The van der Waals surface area contributed by atoms with Crippen LogP contribution in [0.3, 0.4) is 0 Å². The fourth-order valence-corrected chi connectivity index (χ4v) is 3.46. The molecule has 0 spiro atoms. The molecule has 0 bridgehead atoms. The summed E-state index contributed by atoms with van der Waals surface area (Å²) in [4.78, 5) is 8.76. The minimum atomic E-state index is 0.225. The molecule has 0 atom stereocenters. The number of hydrogen-bond acceptors (Lipinski definition) is 5. The number of halogens is 1. The largest absolute Gasteiger partial charge is 0.398 e. The third-order valence-electron chi connectivity index (χ3n) is 4.32. The highest BCUT2D eigenvalue weighted by atomic mass is 79.9. The summed E-state index contributed by atoms with van der Waals surface area (Å²) < 4.78 is 0.979. The molecule has 4 rings (SSSR count). The molecule has 0 unspecified atom stereocenters. The van der Waals surface area contributed by atoms with Crippen molar-refractivity contribution in [3.8, 4) is 11.1 Å². The molecule has 4 aromatic rings. The number of benzene rings is 3. The highest BCUT2D eigenvalue weighted by Crippen LogP contribution is 2.32. The lowest BCUT2D eigenvalue weighted by molar-refractivity contribution is 1.23. The van der Waals surface area contributed by atoms with Crippen molar-refractivity contribution >= 4 is 50.0 Å². The third-order valence-corrected chi connectivity index (χ3v) is 4.81. The van der Waals surface area contributed by atoms with Gasteiger partial charge >= 0.3 is 0 Å². The van der Waals surface area contributed by atoms with Crippen molar-refractivity contribution in [2.24, 2.45) is 0 Å². The Hall–Kier alpha value is -3.12. The maximum absolute atomic E-state index is 6.23. The van der Waals surface area contributed by atoms with E-state index in [0.717, 1.165) is 43.4 Å². The molecular weight excluding hydrogens is 402 g/mol. The number of aromatic nitrogens is 2. The van der Waals surface area contributed by atoms with Crippen molar-refractivity contribution in [3.63, 3.8) is 0 Å². The van der Waals surface area contributed by atoms with Crippen molar-refractivity contribution in [1.82, 2.24) is 9.97 Å². The Kier molecular flexibility index (Phi) is 4.41. The number of rotatable bonds is 3. The van der Waals surface area contributed by atoms with Gasteiger partial charge in [0.1, 0.15) is 5.82 Å². The molecule has 0 fully saturated rings. The van der Waals surface area contributed by atoms with Crippen molar-refractivity contribution in [3.05, 3.63) is 70.7 Å². The van der Waals surface area contributed by atoms with Gasteiger partial charge in [0.25, 0.3) is 0 Å². The predicted octanol–water partition coefficient (Wildman–Crippen LogP) is 5.28. The summed E-state index contributed by atoms with van der Waals surface area (Å²) in [7, 11) is 0. The van der Waals surface area contributed by atoms with E-state index in [9.17, 15) is 0 Å². The fraction of sp³-hybridized carbons (Fsp3) is 0.0476. The van der Waals surface area contributed by atoms with Crippen LogP contribution < -0.4 is 16.8 Å². The summed E-state index contributed by atoms with van der Waals surface area (Å²) in [6.45, 7) is 2.02. The van der Waals surface area contributed by atoms with Crippen LogP contribution in [0.5, 0.6) is 0 Å². The van der Waals surface area contributed by atoms with Crippen molar-refractivity contribution in [1.29, 1.82) is 0 Å². The Morgan fingerprint density at radius 1 is 0.926 bits per heavy atom. The molecule has 0 saturated heterocycles. The monoisotopic (exact) mass is 419 g/mol. The first-order chi connectivity index (χ1) is 13.0. The number of aryl methyl sites for hydroxylation is 1. The molecule has 0 saturated carbocycles. The van der Waals surface area contributed by atoms with E-state index in [2.05, 4.69) is 37.3 Å². The number of anilines is 4. The number of hydrogen-bond donors (Lipinski definition) is 3. The lowest BCUT2D eigenvalue weighted by atomic mass is 10.0. The minimum Gasteiger partial charge on any atom is -0.398 e. The van der Waals surface area contributed by atoms with Gasteiger partial charge in [-0.25, -0.2) is 4.98 Å². The second kappa shape index (κ2) is 6.89. The fourth-order valence-electron chi connectivity index (χ4n) is 3.06. The van der Waals surface area contributed by atoms with E-state index in [4.69, 9.17) is 11.5 Å². The maximum atomic E-state index is 6.23. The minimum absolute atomic E-state index is 0.225. The number of nitrogens with one attached hydrogen (secondary N) is 1. The van der Waals surface area contributed by atoms with E-state index in [1.54, 1.807) is 0 Å². The van der Waals surface area contributed by atoms with Crippen LogP contribution in [0, 0.1) is 6.92 Å². The summed E-state index contributed by atoms with van der Waals surface area (Å²) in [5, 5.41) is 4.22. The van der Waals surface area contributed by atoms with Gasteiger partial charge in [0, 0.05) is 26.8 Å². The van der Waals surface area contributed by atoms with E-state index in [-0.39, 0.29) is 5.95 Å². The molecule has 0 amide bonds. The molecule has 0 aliphatic rings. The van der Waals surface area contributed by atoms with E-state index >= 15 is 0 Å². The molecule has 1 aromatic heterocycles. The molecule has 1 heterocycles. The molecular formula is C21H18BrN5. The van der Waals surface area contributed by atoms with Gasteiger partial charge in [0.15, 0.2) is 0 Å². The first kappa shape index (κ1) is 17.3. The number of nitrogen functional groups attached to an aromatic ring is 2. The highest BCUT2D eigenvalue weighted by molar-refractivity contribution is 9.10. The molecule has 6 heteroatoms. The van der Waals surface area contributed by atoms with E-state index < -0.39 is 0 Å². The van der Waals surface area contributed by atoms with Gasteiger partial charge in [-0.3, -0.25) is 0 Å². The van der Waals surface area contributed by atoms with Crippen LogP contribution in [0.25, 0.3) is 22.0 Å². The second-order valence-electron chi connectivity index (χ2n) is 6.39.